The van der Waals surface area contributed by atoms with E-state index in [-0.39, 0.29) is 5.69 Å². The van der Waals surface area contributed by atoms with Gasteiger partial charge in [0.15, 0.2) is 0 Å². The molecule has 1 amide bonds. The van der Waals surface area contributed by atoms with Crippen LogP contribution in [-0.4, -0.2) is 17.1 Å². The molecule has 1 N–H and O–H groups in total. The summed E-state index contributed by atoms with van der Waals surface area (Å²) >= 11 is 3.03. The quantitative estimate of drug-likeness (QED) is 0.848. The number of nitrogens with zero attached hydrogens (tertiary/aromatic N) is 1. The molecule has 0 aliphatic carbocycles. The number of carbonyl (C=O) groups is 1. The van der Waals surface area contributed by atoms with Gasteiger partial charge in [0.25, 0.3) is 0 Å². The fraction of sp³-hybridized carbons (Fsp3) is 0.250. The van der Waals surface area contributed by atoms with E-state index in [4.69, 9.17) is 0 Å². The van der Waals surface area contributed by atoms with Crippen LogP contribution in [0.2, 0.25) is 0 Å². The lowest BCUT2D eigenvalue weighted by molar-refractivity contribution is -0.150. The smallest absolute Gasteiger partial charge is 0.326 e. The zero-order valence-corrected chi connectivity index (χ0v) is 8.89. The summed E-state index contributed by atoms with van der Waals surface area (Å²) < 4.78 is 35.9. The van der Waals surface area contributed by atoms with E-state index in [0.29, 0.717) is 4.60 Å². The minimum absolute atomic E-state index is 0.270. The number of rotatable bonds is 2. The van der Waals surface area contributed by atoms with Crippen LogP contribution in [-0.2, 0) is 4.79 Å². The maximum Gasteiger partial charge on any atom is 0.397 e. The summed E-state index contributed by atoms with van der Waals surface area (Å²) in [6, 6.07) is 2.81. The van der Waals surface area contributed by atoms with E-state index in [9.17, 15) is 18.0 Å². The van der Waals surface area contributed by atoms with Gasteiger partial charge in [0.1, 0.15) is 11.0 Å². The predicted octanol–water partition coefficient (Wildman–Crippen LogP) is 2.74. The van der Waals surface area contributed by atoms with E-state index in [1.165, 1.54) is 18.3 Å². The van der Waals surface area contributed by atoms with E-state index in [1.807, 2.05) is 0 Å². The molecule has 1 aromatic rings. The van der Waals surface area contributed by atoms with Gasteiger partial charge in [-0.05, 0) is 28.1 Å². The third-order valence-corrected chi connectivity index (χ3v) is 1.80. The first kappa shape index (κ1) is 12.0. The van der Waals surface area contributed by atoms with E-state index in [1.54, 1.807) is 0 Å². The average Bonchev–Trinajstić information content (AvgIpc) is 1.99. The van der Waals surface area contributed by atoms with Gasteiger partial charge in [-0.3, -0.25) is 4.79 Å². The highest BCUT2D eigenvalue weighted by atomic mass is 79.9. The lowest BCUT2D eigenvalue weighted by atomic mass is 10.3. The third-order valence-electron chi connectivity index (χ3n) is 1.37. The summed E-state index contributed by atoms with van der Waals surface area (Å²) in [5.74, 6) is -1.10. The van der Waals surface area contributed by atoms with E-state index in [2.05, 4.69) is 26.2 Å². The van der Waals surface area contributed by atoms with Crippen molar-refractivity contribution < 1.29 is 18.0 Å². The van der Waals surface area contributed by atoms with Crippen LogP contribution in [0.15, 0.2) is 22.9 Å². The number of halogens is 4. The SMILES string of the molecule is O=C(CC(F)(F)F)Nc1ccnc(Br)c1. The second-order valence-electron chi connectivity index (χ2n) is 2.71. The first-order valence-corrected chi connectivity index (χ1v) is 4.64. The number of carbonyl (C=O) groups excluding carboxylic acids is 1. The molecule has 0 bridgehead atoms. The van der Waals surface area contributed by atoms with E-state index in [0.717, 1.165) is 0 Å². The number of anilines is 1. The van der Waals surface area contributed by atoms with Gasteiger partial charge in [0.05, 0.1) is 0 Å². The fourth-order valence-corrected chi connectivity index (χ4v) is 1.23. The topological polar surface area (TPSA) is 42.0 Å². The average molecular weight is 283 g/mol. The number of pyridine rings is 1. The van der Waals surface area contributed by atoms with Crippen molar-refractivity contribution in [1.29, 1.82) is 0 Å². The number of alkyl halides is 3. The van der Waals surface area contributed by atoms with Crippen molar-refractivity contribution in [2.24, 2.45) is 0 Å². The summed E-state index contributed by atoms with van der Waals surface area (Å²) in [6.07, 6.45) is -4.62. The first-order valence-electron chi connectivity index (χ1n) is 3.85. The standard InChI is InChI=1S/C8H6BrF3N2O/c9-6-3-5(1-2-13-6)14-7(15)4-8(10,11)12/h1-3H,4H2,(H,13,14,15). The highest BCUT2D eigenvalue weighted by Crippen LogP contribution is 2.20. The van der Waals surface area contributed by atoms with Gasteiger partial charge < -0.3 is 5.32 Å². The Morgan fingerprint density at radius 1 is 1.53 bits per heavy atom. The molecule has 3 nitrogen and oxygen atoms in total. The first-order chi connectivity index (χ1) is 6.87. The lowest BCUT2D eigenvalue weighted by Gasteiger charge is -2.07. The minimum Gasteiger partial charge on any atom is -0.326 e. The fourth-order valence-electron chi connectivity index (χ4n) is 0.867. The Hall–Kier alpha value is -1.11. The van der Waals surface area contributed by atoms with Crippen LogP contribution in [0.25, 0.3) is 0 Å². The molecule has 1 aromatic heterocycles. The second-order valence-corrected chi connectivity index (χ2v) is 3.52. The lowest BCUT2D eigenvalue weighted by Crippen LogP contribution is -2.21. The van der Waals surface area contributed by atoms with Crippen molar-refractivity contribution in [1.82, 2.24) is 4.98 Å². The van der Waals surface area contributed by atoms with Crippen LogP contribution in [0.3, 0.4) is 0 Å². The highest BCUT2D eigenvalue weighted by molar-refractivity contribution is 9.10. The number of hydrogen-bond acceptors (Lipinski definition) is 2. The Balaban J connectivity index is 2.59. The van der Waals surface area contributed by atoms with Gasteiger partial charge in [-0.1, -0.05) is 0 Å². The molecular weight excluding hydrogens is 277 g/mol. The zero-order chi connectivity index (χ0) is 11.5. The van der Waals surface area contributed by atoms with Crippen LogP contribution in [0.5, 0.6) is 0 Å². The second kappa shape index (κ2) is 4.61. The van der Waals surface area contributed by atoms with Crippen LogP contribution in [0, 0.1) is 0 Å². The molecule has 7 heteroatoms. The molecule has 82 valence electrons. The monoisotopic (exact) mass is 282 g/mol. The van der Waals surface area contributed by atoms with Crippen LogP contribution in [0.1, 0.15) is 6.42 Å². The van der Waals surface area contributed by atoms with E-state index < -0.39 is 18.5 Å². The molecule has 0 aromatic carbocycles. The van der Waals surface area contributed by atoms with Crippen molar-refractivity contribution >= 4 is 27.5 Å². The molecule has 0 saturated heterocycles. The van der Waals surface area contributed by atoms with Crippen LogP contribution >= 0.6 is 15.9 Å². The van der Waals surface area contributed by atoms with Gasteiger partial charge >= 0.3 is 6.18 Å². The summed E-state index contributed by atoms with van der Waals surface area (Å²) in [6.45, 7) is 0. The van der Waals surface area contributed by atoms with Crippen molar-refractivity contribution in [3.05, 3.63) is 22.9 Å². The van der Waals surface area contributed by atoms with Crippen molar-refractivity contribution in [2.75, 3.05) is 5.32 Å². The van der Waals surface area contributed by atoms with E-state index >= 15 is 0 Å². The summed E-state index contributed by atoms with van der Waals surface area (Å²) in [7, 11) is 0. The van der Waals surface area contributed by atoms with Gasteiger partial charge in [-0.15, -0.1) is 0 Å². The summed E-state index contributed by atoms with van der Waals surface area (Å²) in [5.41, 5.74) is 0.270. The van der Waals surface area contributed by atoms with Gasteiger partial charge in [0.2, 0.25) is 5.91 Å². The van der Waals surface area contributed by atoms with Crippen LogP contribution < -0.4 is 5.32 Å². The normalized spacial score (nSPS) is 11.2. The Bertz CT molecular complexity index is 367. The molecule has 0 aliphatic heterocycles. The molecule has 0 saturated carbocycles. The Morgan fingerprint density at radius 3 is 2.73 bits per heavy atom. The summed E-state index contributed by atoms with van der Waals surface area (Å²) in [5, 5.41) is 2.11. The third kappa shape index (κ3) is 4.78. The minimum atomic E-state index is -4.49. The van der Waals surface area contributed by atoms with Crippen molar-refractivity contribution in [3.8, 4) is 0 Å². The van der Waals surface area contributed by atoms with Gasteiger partial charge in [-0.2, -0.15) is 13.2 Å². The molecular formula is C8H6BrF3N2O. The predicted molar refractivity (Wildman–Crippen MR) is 51.2 cm³/mol. The summed E-state index contributed by atoms with van der Waals surface area (Å²) in [4.78, 5) is 14.6. The van der Waals surface area contributed by atoms with Gasteiger partial charge in [0, 0.05) is 11.9 Å². The molecule has 0 spiro atoms. The molecule has 0 radical (unpaired) electrons. The zero-order valence-electron chi connectivity index (χ0n) is 7.31. The van der Waals surface area contributed by atoms with Crippen molar-refractivity contribution in [2.45, 2.75) is 12.6 Å². The largest absolute Gasteiger partial charge is 0.397 e. The number of amides is 1. The maximum atomic E-state index is 11.8. The molecule has 0 unspecified atom stereocenters. The molecule has 1 heterocycles. The molecule has 0 fully saturated rings. The number of nitrogens with one attached hydrogen (secondary N) is 1. The molecule has 1 rings (SSSR count). The van der Waals surface area contributed by atoms with Crippen molar-refractivity contribution in [3.63, 3.8) is 0 Å². The Kier molecular flexibility index (Phi) is 3.67. The number of aromatic nitrogens is 1. The maximum absolute atomic E-state index is 11.8. The molecule has 0 atom stereocenters. The highest BCUT2D eigenvalue weighted by Gasteiger charge is 2.31. The Labute approximate surface area is 91.8 Å². The van der Waals surface area contributed by atoms with Gasteiger partial charge in [-0.25, -0.2) is 4.98 Å². The number of hydrogen-bond donors (Lipinski definition) is 1. The molecule has 15 heavy (non-hydrogen) atoms. The molecule has 0 aliphatic rings. The Morgan fingerprint density at radius 2 is 2.20 bits per heavy atom. The van der Waals surface area contributed by atoms with Crippen LogP contribution in [0.4, 0.5) is 18.9 Å².